The van der Waals surface area contributed by atoms with Gasteiger partial charge < -0.3 is 0 Å². The molecular formula is C14H17IN4O3S3. The highest BCUT2D eigenvalue weighted by Crippen LogP contribution is 2.28. The van der Waals surface area contributed by atoms with Crippen LogP contribution >= 0.6 is 45.7 Å². The fourth-order valence-electron chi connectivity index (χ4n) is 1.81. The van der Waals surface area contributed by atoms with Crippen molar-refractivity contribution < 1.29 is 13.2 Å². The fraction of sp³-hybridized carbons (Fsp3) is 0.357. The van der Waals surface area contributed by atoms with E-state index in [0.717, 1.165) is 18.5 Å². The quantitative estimate of drug-likeness (QED) is 0.349. The lowest BCUT2D eigenvalue weighted by Gasteiger charge is -2.21. The molecule has 0 radical (unpaired) electrons. The molecule has 0 aliphatic heterocycles. The van der Waals surface area contributed by atoms with Gasteiger partial charge in [0.05, 0.1) is 11.9 Å². The van der Waals surface area contributed by atoms with Crippen molar-refractivity contribution in [3.8, 4) is 0 Å². The van der Waals surface area contributed by atoms with E-state index in [0.29, 0.717) is 16.1 Å². The van der Waals surface area contributed by atoms with Crippen LogP contribution in [0.5, 0.6) is 0 Å². The zero-order valence-corrected chi connectivity index (χ0v) is 18.4. The lowest BCUT2D eigenvalue weighted by atomic mass is 10.3. The van der Waals surface area contributed by atoms with Crippen LogP contribution in [0.15, 0.2) is 28.6 Å². The molecule has 11 heteroatoms. The van der Waals surface area contributed by atoms with Gasteiger partial charge in [-0.05, 0) is 46.9 Å². The number of rotatable bonds is 7. The van der Waals surface area contributed by atoms with Gasteiger partial charge in [0.1, 0.15) is 6.54 Å². The van der Waals surface area contributed by atoms with Crippen molar-refractivity contribution in [3.05, 3.63) is 27.8 Å². The third-order valence-corrected chi connectivity index (χ3v) is 6.58. The molecule has 2 aromatic rings. The predicted molar refractivity (Wildman–Crippen MR) is 111 cm³/mol. The molecule has 1 N–H and O–H groups in total. The molecular weight excluding hydrogens is 495 g/mol. The summed E-state index contributed by atoms with van der Waals surface area (Å²) in [5.41, 5.74) is 0.436. The van der Waals surface area contributed by atoms with Crippen LogP contribution in [-0.2, 0) is 14.8 Å². The number of nitrogens with zero attached hydrogens (tertiary/aromatic N) is 3. The van der Waals surface area contributed by atoms with E-state index in [1.807, 2.05) is 13.8 Å². The van der Waals surface area contributed by atoms with E-state index in [2.05, 4.69) is 38.1 Å². The van der Waals surface area contributed by atoms with Crippen LogP contribution in [0.4, 0.5) is 10.8 Å². The average molecular weight is 512 g/mol. The molecule has 0 atom stereocenters. The Hall–Kier alpha value is -0.920. The van der Waals surface area contributed by atoms with E-state index in [9.17, 15) is 13.2 Å². The molecule has 0 spiro atoms. The van der Waals surface area contributed by atoms with Gasteiger partial charge in [0.2, 0.25) is 21.1 Å². The van der Waals surface area contributed by atoms with Crippen LogP contribution in [0.1, 0.15) is 13.8 Å². The number of carbonyl (C=O) groups is 1. The molecule has 136 valence electrons. The Bertz CT molecular complexity index is 837. The molecule has 1 amide bonds. The summed E-state index contributed by atoms with van der Waals surface area (Å²) in [7, 11) is -3.60. The van der Waals surface area contributed by atoms with Crippen molar-refractivity contribution in [1.82, 2.24) is 10.2 Å². The molecule has 0 aliphatic rings. The monoisotopic (exact) mass is 512 g/mol. The Morgan fingerprint density at radius 2 is 1.96 bits per heavy atom. The maximum absolute atomic E-state index is 12.3. The number of anilines is 2. The third kappa shape index (κ3) is 6.38. The minimum absolute atomic E-state index is 0.328. The number of aromatic nitrogens is 2. The normalized spacial score (nSPS) is 11.6. The van der Waals surface area contributed by atoms with E-state index in [1.165, 1.54) is 11.3 Å². The zero-order valence-electron chi connectivity index (χ0n) is 13.8. The van der Waals surface area contributed by atoms with Gasteiger partial charge in [-0.3, -0.25) is 14.4 Å². The molecule has 1 aromatic heterocycles. The van der Waals surface area contributed by atoms with E-state index in [4.69, 9.17) is 0 Å². The van der Waals surface area contributed by atoms with Crippen molar-refractivity contribution >= 4 is 72.4 Å². The molecule has 0 saturated heterocycles. The van der Waals surface area contributed by atoms with Gasteiger partial charge in [0.15, 0.2) is 4.34 Å². The van der Waals surface area contributed by atoms with E-state index in [-0.39, 0.29) is 6.54 Å². The first-order valence-electron chi connectivity index (χ1n) is 7.18. The zero-order chi connectivity index (χ0) is 18.6. The van der Waals surface area contributed by atoms with Crippen LogP contribution in [0.25, 0.3) is 0 Å². The second kappa shape index (κ2) is 8.64. The van der Waals surface area contributed by atoms with Crippen LogP contribution in [0.3, 0.4) is 0 Å². The molecule has 1 aromatic carbocycles. The molecule has 1 heterocycles. The van der Waals surface area contributed by atoms with Crippen LogP contribution in [0, 0.1) is 3.57 Å². The topological polar surface area (TPSA) is 92.3 Å². The second-order valence-corrected chi connectivity index (χ2v) is 11.3. The number of thioether (sulfide) groups is 1. The fourth-order valence-corrected chi connectivity index (χ4v) is 5.01. The molecule has 0 aliphatic carbocycles. The standard InChI is InChI=1S/C14H17IN4O3S3/c1-9(2)23-14-18-17-13(24-14)16-12(20)8-19(25(3,21)22)11-6-4-10(15)5-7-11/h4-7,9H,8H2,1-3H3,(H,16,17,20). The number of hydrogen-bond donors (Lipinski definition) is 1. The van der Waals surface area contributed by atoms with Gasteiger partial charge >= 0.3 is 0 Å². The van der Waals surface area contributed by atoms with Crippen LogP contribution < -0.4 is 9.62 Å². The molecule has 2 rings (SSSR count). The van der Waals surface area contributed by atoms with Crippen molar-refractivity contribution in [2.45, 2.75) is 23.4 Å². The highest BCUT2D eigenvalue weighted by atomic mass is 127. The third-order valence-electron chi connectivity index (χ3n) is 2.79. The van der Waals surface area contributed by atoms with E-state index in [1.54, 1.807) is 36.0 Å². The van der Waals surface area contributed by atoms with Gasteiger partial charge in [0.25, 0.3) is 0 Å². The van der Waals surface area contributed by atoms with Crippen LogP contribution in [0.2, 0.25) is 0 Å². The Morgan fingerprint density at radius 1 is 1.32 bits per heavy atom. The van der Waals surface area contributed by atoms with Gasteiger partial charge in [0, 0.05) is 8.82 Å². The number of benzene rings is 1. The Balaban J connectivity index is 2.09. The average Bonchev–Trinajstić information content (AvgIpc) is 2.91. The molecule has 0 saturated carbocycles. The van der Waals surface area contributed by atoms with Crippen molar-refractivity contribution in [3.63, 3.8) is 0 Å². The Labute approximate surface area is 168 Å². The lowest BCUT2D eigenvalue weighted by Crippen LogP contribution is -2.37. The summed E-state index contributed by atoms with van der Waals surface area (Å²) in [6, 6.07) is 6.90. The summed E-state index contributed by atoms with van der Waals surface area (Å²) >= 11 is 4.94. The molecule has 0 fully saturated rings. The first-order valence-corrected chi connectivity index (χ1v) is 11.8. The van der Waals surface area contributed by atoms with Gasteiger partial charge in [-0.15, -0.1) is 10.2 Å². The minimum atomic E-state index is -3.60. The van der Waals surface area contributed by atoms with Gasteiger partial charge in [-0.1, -0.05) is 36.9 Å². The van der Waals surface area contributed by atoms with Crippen molar-refractivity contribution in [2.24, 2.45) is 0 Å². The second-order valence-electron chi connectivity index (χ2n) is 5.33. The van der Waals surface area contributed by atoms with Crippen LogP contribution in [-0.4, -0.2) is 42.6 Å². The summed E-state index contributed by atoms with van der Waals surface area (Å²) in [4.78, 5) is 12.3. The summed E-state index contributed by atoms with van der Waals surface area (Å²) in [6.45, 7) is 3.75. The number of nitrogens with one attached hydrogen (secondary N) is 1. The number of halogens is 1. The summed E-state index contributed by atoms with van der Waals surface area (Å²) in [5.74, 6) is -0.471. The predicted octanol–water partition coefficient (Wildman–Crippen LogP) is 3.05. The number of hydrogen-bond acceptors (Lipinski definition) is 7. The molecule has 0 unspecified atom stereocenters. The number of amides is 1. The summed E-state index contributed by atoms with van der Waals surface area (Å²) < 4.78 is 26.9. The first kappa shape index (κ1) is 20.4. The Kier molecular flexibility index (Phi) is 7.05. The van der Waals surface area contributed by atoms with E-state index >= 15 is 0 Å². The summed E-state index contributed by atoms with van der Waals surface area (Å²) in [6.07, 6.45) is 1.07. The highest BCUT2D eigenvalue weighted by Gasteiger charge is 2.21. The molecule has 0 bridgehead atoms. The number of sulfonamides is 1. The smallest absolute Gasteiger partial charge is 0.246 e. The number of carbonyl (C=O) groups excluding carboxylic acids is 1. The molecule has 7 nitrogen and oxygen atoms in total. The van der Waals surface area contributed by atoms with Crippen molar-refractivity contribution in [2.75, 3.05) is 22.4 Å². The summed E-state index contributed by atoms with van der Waals surface area (Å²) in [5, 5.41) is 11.2. The minimum Gasteiger partial charge on any atom is -0.299 e. The van der Waals surface area contributed by atoms with Crippen molar-refractivity contribution in [1.29, 1.82) is 0 Å². The highest BCUT2D eigenvalue weighted by molar-refractivity contribution is 14.1. The maximum Gasteiger partial charge on any atom is 0.246 e. The lowest BCUT2D eigenvalue weighted by molar-refractivity contribution is -0.114. The first-order chi connectivity index (χ1) is 11.6. The molecule has 25 heavy (non-hydrogen) atoms. The van der Waals surface area contributed by atoms with Gasteiger partial charge in [-0.25, -0.2) is 8.42 Å². The SMILES string of the molecule is CC(C)Sc1nnc(NC(=O)CN(c2ccc(I)cc2)S(C)(=O)=O)s1. The van der Waals surface area contributed by atoms with Gasteiger partial charge in [-0.2, -0.15) is 0 Å². The maximum atomic E-state index is 12.3. The van der Waals surface area contributed by atoms with E-state index < -0.39 is 15.9 Å². The largest absolute Gasteiger partial charge is 0.299 e. The Morgan fingerprint density at radius 3 is 2.52 bits per heavy atom.